The van der Waals surface area contributed by atoms with Crippen LogP contribution in [0.15, 0.2) is 24.3 Å². The van der Waals surface area contributed by atoms with Crippen LogP contribution in [0.25, 0.3) is 0 Å². The first-order chi connectivity index (χ1) is 8.02. The van der Waals surface area contributed by atoms with Crippen molar-refractivity contribution in [1.29, 1.82) is 0 Å². The lowest BCUT2D eigenvalue weighted by atomic mass is 10.1. The number of amides is 2. The van der Waals surface area contributed by atoms with E-state index in [4.69, 9.17) is 5.73 Å². The lowest BCUT2D eigenvalue weighted by molar-refractivity contribution is 0.204. The lowest BCUT2D eigenvalue weighted by Crippen LogP contribution is -2.40. The summed E-state index contributed by atoms with van der Waals surface area (Å²) < 4.78 is 0. The van der Waals surface area contributed by atoms with E-state index < -0.39 is 0 Å². The van der Waals surface area contributed by atoms with Crippen LogP contribution >= 0.6 is 0 Å². The Bertz CT molecular complexity index is 377. The first-order valence-corrected chi connectivity index (χ1v) is 5.82. The molecule has 4 nitrogen and oxygen atoms in total. The van der Waals surface area contributed by atoms with E-state index in [1.807, 2.05) is 38.1 Å². The van der Waals surface area contributed by atoms with Crippen molar-refractivity contribution >= 4 is 6.03 Å². The number of carbonyl (C=O) groups is 1. The Hall–Kier alpha value is -1.55. The summed E-state index contributed by atoms with van der Waals surface area (Å²) in [5.74, 6) is 0. The fourth-order valence-electron chi connectivity index (χ4n) is 1.56. The lowest BCUT2D eigenvalue weighted by Gasteiger charge is -2.20. The Kier molecular flexibility index (Phi) is 4.97. The number of urea groups is 1. The fourth-order valence-corrected chi connectivity index (χ4v) is 1.56. The summed E-state index contributed by atoms with van der Waals surface area (Å²) in [5.41, 5.74) is 7.76. The first kappa shape index (κ1) is 13.5. The molecule has 0 aliphatic rings. The summed E-state index contributed by atoms with van der Waals surface area (Å²) in [7, 11) is 1.78. The molecule has 0 spiro atoms. The van der Waals surface area contributed by atoms with E-state index in [0.717, 1.165) is 11.1 Å². The van der Waals surface area contributed by atoms with Gasteiger partial charge in [0.15, 0.2) is 0 Å². The summed E-state index contributed by atoms with van der Waals surface area (Å²) in [4.78, 5) is 13.4. The molecule has 94 valence electrons. The molecule has 1 aromatic carbocycles. The van der Waals surface area contributed by atoms with Gasteiger partial charge in [-0.2, -0.15) is 0 Å². The van der Waals surface area contributed by atoms with Crippen LogP contribution in [0, 0.1) is 0 Å². The van der Waals surface area contributed by atoms with Crippen molar-refractivity contribution in [1.82, 2.24) is 10.2 Å². The molecule has 0 aliphatic heterocycles. The van der Waals surface area contributed by atoms with Crippen molar-refractivity contribution in [3.05, 3.63) is 35.4 Å². The Balaban J connectivity index is 2.60. The van der Waals surface area contributed by atoms with E-state index in [0.29, 0.717) is 13.1 Å². The zero-order valence-electron chi connectivity index (χ0n) is 10.7. The number of nitrogens with two attached hydrogens (primary N) is 1. The number of benzene rings is 1. The van der Waals surface area contributed by atoms with Gasteiger partial charge in [0.25, 0.3) is 0 Å². The van der Waals surface area contributed by atoms with Gasteiger partial charge < -0.3 is 16.0 Å². The third-order valence-corrected chi connectivity index (χ3v) is 2.41. The zero-order valence-corrected chi connectivity index (χ0v) is 10.7. The molecule has 1 rings (SSSR count). The van der Waals surface area contributed by atoms with Crippen LogP contribution < -0.4 is 11.1 Å². The molecule has 0 aromatic heterocycles. The van der Waals surface area contributed by atoms with Crippen LogP contribution in [-0.2, 0) is 13.1 Å². The Morgan fingerprint density at radius 2 is 2.06 bits per heavy atom. The highest BCUT2D eigenvalue weighted by molar-refractivity contribution is 5.74. The van der Waals surface area contributed by atoms with Crippen molar-refractivity contribution in [2.45, 2.75) is 33.0 Å². The maximum absolute atomic E-state index is 11.7. The Morgan fingerprint density at radius 3 is 2.65 bits per heavy atom. The van der Waals surface area contributed by atoms with E-state index in [2.05, 4.69) is 5.32 Å². The summed E-state index contributed by atoms with van der Waals surface area (Å²) in [6.07, 6.45) is 0. The standard InChI is InChI=1S/C13H21N3O/c1-10(2)15-13(17)16(3)9-12-6-4-5-11(7-12)8-14/h4-7,10H,8-9,14H2,1-3H3,(H,15,17). The van der Waals surface area contributed by atoms with Gasteiger partial charge in [-0.25, -0.2) is 4.79 Å². The molecule has 4 heteroatoms. The number of hydrogen-bond donors (Lipinski definition) is 2. The van der Waals surface area contributed by atoms with Crippen LogP contribution in [0.3, 0.4) is 0 Å². The normalized spacial score (nSPS) is 10.4. The smallest absolute Gasteiger partial charge is 0.317 e. The largest absolute Gasteiger partial charge is 0.336 e. The van der Waals surface area contributed by atoms with Crippen molar-refractivity contribution in [3.8, 4) is 0 Å². The molecule has 0 fully saturated rings. The van der Waals surface area contributed by atoms with Crippen molar-refractivity contribution < 1.29 is 4.79 Å². The highest BCUT2D eigenvalue weighted by Crippen LogP contribution is 2.07. The highest BCUT2D eigenvalue weighted by atomic mass is 16.2. The van der Waals surface area contributed by atoms with E-state index in [-0.39, 0.29) is 12.1 Å². The molecule has 0 aliphatic carbocycles. The maximum atomic E-state index is 11.7. The van der Waals surface area contributed by atoms with Crippen LogP contribution in [0.1, 0.15) is 25.0 Å². The summed E-state index contributed by atoms with van der Waals surface area (Å²) >= 11 is 0. The number of carbonyl (C=O) groups excluding carboxylic acids is 1. The van der Waals surface area contributed by atoms with E-state index in [9.17, 15) is 4.79 Å². The molecule has 2 amide bonds. The van der Waals surface area contributed by atoms with Crippen LogP contribution in [0.4, 0.5) is 4.79 Å². The number of nitrogens with zero attached hydrogens (tertiary/aromatic N) is 1. The molecule has 0 radical (unpaired) electrons. The van der Waals surface area contributed by atoms with Gasteiger partial charge in [-0.15, -0.1) is 0 Å². The second-order valence-corrected chi connectivity index (χ2v) is 4.48. The number of rotatable bonds is 4. The van der Waals surface area contributed by atoms with Gasteiger partial charge in [0.1, 0.15) is 0 Å². The second kappa shape index (κ2) is 6.25. The van der Waals surface area contributed by atoms with Gasteiger partial charge in [0.2, 0.25) is 0 Å². The van der Waals surface area contributed by atoms with Gasteiger partial charge in [-0.3, -0.25) is 0 Å². The highest BCUT2D eigenvalue weighted by Gasteiger charge is 2.09. The van der Waals surface area contributed by atoms with Gasteiger partial charge in [0.05, 0.1) is 0 Å². The maximum Gasteiger partial charge on any atom is 0.317 e. The third kappa shape index (κ3) is 4.44. The first-order valence-electron chi connectivity index (χ1n) is 5.82. The van der Waals surface area contributed by atoms with E-state index >= 15 is 0 Å². The zero-order chi connectivity index (χ0) is 12.8. The number of nitrogens with one attached hydrogen (secondary N) is 1. The average Bonchev–Trinajstić information content (AvgIpc) is 2.28. The van der Waals surface area contributed by atoms with Crippen LogP contribution in [0.5, 0.6) is 0 Å². The molecule has 1 aromatic rings. The minimum absolute atomic E-state index is 0.0573. The van der Waals surface area contributed by atoms with Crippen LogP contribution in [0.2, 0.25) is 0 Å². The summed E-state index contributed by atoms with van der Waals surface area (Å²) in [6, 6.07) is 8.07. The van der Waals surface area contributed by atoms with E-state index in [1.165, 1.54) is 0 Å². The third-order valence-electron chi connectivity index (χ3n) is 2.41. The second-order valence-electron chi connectivity index (χ2n) is 4.48. The summed E-state index contributed by atoms with van der Waals surface area (Å²) in [5, 5.41) is 2.85. The molecular formula is C13H21N3O. The predicted molar refractivity (Wildman–Crippen MR) is 69.5 cm³/mol. The minimum Gasteiger partial charge on any atom is -0.336 e. The topological polar surface area (TPSA) is 58.4 Å². The average molecular weight is 235 g/mol. The Morgan fingerprint density at radius 1 is 1.41 bits per heavy atom. The SMILES string of the molecule is CC(C)NC(=O)N(C)Cc1cccc(CN)c1. The molecule has 0 bridgehead atoms. The van der Waals surface area contributed by atoms with Crippen molar-refractivity contribution in [3.63, 3.8) is 0 Å². The molecule has 3 N–H and O–H groups in total. The van der Waals surface area contributed by atoms with Gasteiger partial charge >= 0.3 is 6.03 Å². The van der Waals surface area contributed by atoms with Crippen molar-refractivity contribution in [2.75, 3.05) is 7.05 Å². The van der Waals surface area contributed by atoms with Crippen LogP contribution in [-0.4, -0.2) is 24.0 Å². The minimum atomic E-state index is -0.0573. The predicted octanol–water partition coefficient (Wildman–Crippen LogP) is 1.70. The monoisotopic (exact) mass is 235 g/mol. The summed E-state index contributed by atoms with van der Waals surface area (Å²) in [6.45, 7) is 5.00. The van der Waals surface area contributed by atoms with Gasteiger partial charge in [-0.05, 0) is 25.0 Å². The molecule has 0 heterocycles. The van der Waals surface area contributed by atoms with Gasteiger partial charge in [0, 0.05) is 26.2 Å². The van der Waals surface area contributed by atoms with Gasteiger partial charge in [-0.1, -0.05) is 24.3 Å². The van der Waals surface area contributed by atoms with Crippen molar-refractivity contribution in [2.24, 2.45) is 5.73 Å². The number of hydrogen-bond acceptors (Lipinski definition) is 2. The molecule has 0 saturated carbocycles. The molecule has 0 unspecified atom stereocenters. The molecule has 0 atom stereocenters. The molecular weight excluding hydrogens is 214 g/mol. The van der Waals surface area contributed by atoms with E-state index in [1.54, 1.807) is 11.9 Å². The molecule has 0 saturated heterocycles. The fraction of sp³-hybridized carbons (Fsp3) is 0.462. The Labute approximate surface area is 103 Å². The molecule has 17 heavy (non-hydrogen) atoms. The quantitative estimate of drug-likeness (QED) is 0.834.